The summed E-state index contributed by atoms with van der Waals surface area (Å²) in [4.78, 5) is 23.6. The summed E-state index contributed by atoms with van der Waals surface area (Å²) in [5, 5.41) is 14.9. The molecule has 0 aliphatic rings. The summed E-state index contributed by atoms with van der Waals surface area (Å²) in [6, 6.07) is 17.6. The van der Waals surface area contributed by atoms with Gasteiger partial charge in [-0.2, -0.15) is 0 Å². The fourth-order valence-corrected chi connectivity index (χ4v) is 3.74. The van der Waals surface area contributed by atoms with Crippen molar-refractivity contribution < 1.29 is 23.6 Å². The Balaban J connectivity index is 1.48. The monoisotopic (exact) mass is 526 g/mol. The number of rotatable bonds is 8. The van der Waals surface area contributed by atoms with Crippen LogP contribution in [0.25, 0.3) is 0 Å². The molecule has 0 bridgehead atoms. The van der Waals surface area contributed by atoms with Crippen molar-refractivity contribution in [3.8, 4) is 17.2 Å². The van der Waals surface area contributed by atoms with Crippen molar-refractivity contribution in [3.63, 3.8) is 0 Å². The Morgan fingerprint density at radius 3 is 2.56 bits per heavy atom. The number of aryl methyl sites for hydroxylation is 2. The molecule has 1 amide bonds. The quantitative estimate of drug-likeness (QED) is 0.186. The van der Waals surface area contributed by atoms with Gasteiger partial charge in [-0.1, -0.05) is 35.3 Å². The second-order valence-electron chi connectivity index (χ2n) is 7.93. The highest BCUT2D eigenvalue weighted by atomic mass is 35.5. The number of nitrogens with one attached hydrogen (secondary N) is 1. The van der Waals surface area contributed by atoms with Gasteiger partial charge in [0.1, 0.15) is 29.6 Å². The fraction of sp³-hybridized carbons (Fsp3) is 0.115. The van der Waals surface area contributed by atoms with Crippen molar-refractivity contribution in [2.24, 2.45) is 0 Å². The van der Waals surface area contributed by atoms with E-state index in [0.717, 1.165) is 11.1 Å². The summed E-state index contributed by atoms with van der Waals surface area (Å²) in [6.45, 7) is 3.81. The number of nitro benzene ring substituents is 1. The zero-order chi connectivity index (χ0) is 25.8. The van der Waals surface area contributed by atoms with Gasteiger partial charge in [0.15, 0.2) is 5.76 Å². The van der Waals surface area contributed by atoms with Gasteiger partial charge in [0.2, 0.25) is 0 Å². The largest absolute Gasteiger partial charge is 0.484 e. The normalized spacial score (nSPS) is 10.7. The lowest BCUT2D eigenvalue weighted by Crippen LogP contribution is -2.11. The van der Waals surface area contributed by atoms with Gasteiger partial charge in [0.05, 0.1) is 21.7 Å². The summed E-state index contributed by atoms with van der Waals surface area (Å²) in [5.74, 6) is 0.967. The zero-order valence-electron chi connectivity index (χ0n) is 19.2. The fourth-order valence-electron chi connectivity index (χ4n) is 3.28. The molecule has 0 radical (unpaired) electrons. The van der Waals surface area contributed by atoms with E-state index in [1.165, 1.54) is 24.3 Å². The first-order valence-electron chi connectivity index (χ1n) is 10.7. The van der Waals surface area contributed by atoms with Crippen molar-refractivity contribution in [3.05, 3.63) is 110 Å². The maximum absolute atomic E-state index is 12.8. The van der Waals surface area contributed by atoms with E-state index in [2.05, 4.69) is 5.32 Å². The lowest BCUT2D eigenvalue weighted by atomic mass is 10.1. The second-order valence-corrected chi connectivity index (χ2v) is 8.77. The Hall–Kier alpha value is -4.01. The minimum absolute atomic E-state index is 0.000642. The van der Waals surface area contributed by atoms with E-state index in [0.29, 0.717) is 27.3 Å². The summed E-state index contributed by atoms with van der Waals surface area (Å²) in [5.41, 5.74) is 1.78. The van der Waals surface area contributed by atoms with Crippen molar-refractivity contribution in [2.45, 2.75) is 20.5 Å². The predicted octanol–water partition coefficient (Wildman–Crippen LogP) is 7.74. The topological polar surface area (TPSA) is 104 Å². The molecule has 0 saturated carbocycles. The molecule has 8 nitrogen and oxygen atoms in total. The van der Waals surface area contributed by atoms with E-state index in [9.17, 15) is 14.9 Å². The zero-order valence-corrected chi connectivity index (χ0v) is 20.7. The van der Waals surface area contributed by atoms with Gasteiger partial charge in [-0.3, -0.25) is 14.9 Å². The molecule has 1 heterocycles. The number of anilines is 1. The highest BCUT2D eigenvalue weighted by Crippen LogP contribution is 2.32. The van der Waals surface area contributed by atoms with Gasteiger partial charge in [-0.25, -0.2) is 0 Å². The molecule has 4 aromatic rings. The number of carbonyl (C=O) groups is 1. The Morgan fingerprint density at radius 1 is 1.00 bits per heavy atom. The molecule has 1 N–H and O–H groups in total. The molecule has 0 aliphatic carbocycles. The number of non-ortho nitro benzene ring substituents is 1. The molecule has 0 spiro atoms. The number of hydrogen-bond donors (Lipinski definition) is 1. The standard InChI is InChI=1S/C26H20Cl2N2O6/c1-15-3-4-16(2)25(9-15)36-21-12-18(11-19(13-21)30(32)33)29-26(31)24-8-6-20(35-24)14-34-23-7-5-17(27)10-22(23)28/h3-13H,14H2,1-2H3,(H,29,31). The van der Waals surface area contributed by atoms with Crippen LogP contribution in [-0.2, 0) is 6.61 Å². The van der Waals surface area contributed by atoms with Gasteiger partial charge < -0.3 is 19.2 Å². The van der Waals surface area contributed by atoms with Crippen LogP contribution in [0.5, 0.6) is 17.2 Å². The molecule has 0 unspecified atom stereocenters. The van der Waals surface area contributed by atoms with E-state index in [1.54, 1.807) is 24.3 Å². The summed E-state index contributed by atoms with van der Waals surface area (Å²) < 4.78 is 17.1. The molecule has 0 saturated heterocycles. The highest BCUT2D eigenvalue weighted by Gasteiger charge is 2.17. The molecular weight excluding hydrogens is 507 g/mol. The number of nitro groups is 1. The van der Waals surface area contributed by atoms with Crippen molar-refractivity contribution in [1.29, 1.82) is 0 Å². The molecule has 36 heavy (non-hydrogen) atoms. The number of ether oxygens (including phenoxy) is 2. The van der Waals surface area contributed by atoms with Gasteiger partial charge in [-0.05, 0) is 61.4 Å². The van der Waals surface area contributed by atoms with Crippen molar-refractivity contribution in [1.82, 2.24) is 0 Å². The average molecular weight is 527 g/mol. The van der Waals surface area contributed by atoms with Crippen LogP contribution in [-0.4, -0.2) is 10.8 Å². The Labute approximate surface area is 216 Å². The summed E-state index contributed by atoms with van der Waals surface area (Å²) in [7, 11) is 0. The third kappa shape index (κ3) is 6.16. The number of benzene rings is 3. The van der Waals surface area contributed by atoms with Crippen LogP contribution in [0.2, 0.25) is 10.0 Å². The summed E-state index contributed by atoms with van der Waals surface area (Å²) in [6.07, 6.45) is 0. The van der Waals surface area contributed by atoms with Crippen LogP contribution < -0.4 is 14.8 Å². The Kier molecular flexibility index (Phi) is 7.47. The number of nitrogens with zero attached hydrogens (tertiary/aromatic N) is 1. The maximum Gasteiger partial charge on any atom is 0.291 e. The lowest BCUT2D eigenvalue weighted by molar-refractivity contribution is -0.384. The van der Waals surface area contributed by atoms with E-state index < -0.39 is 10.8 Å². The van der Waals surface area contributed by atoms with Crippen molar-refractivity contribution in [2.75, 3.05) is 5.32 Å². The Morgan fingerprint density at radius 2 is 1.81 bits per heavy atom. The SMILES string of the molecule is Cc1ccc(C)c(Oc2cc(NC(=O)c3ccc(COc4ccc(Cl)cc4Cl)o3)cc([N+](=O)[O-])c2)c1. The first-order valence-corrected chi connectivity index (χ1v) is 11.5. The van der Waals surface area contributed by atoms with E-state index in [4.69, 9.17) is 37.1 Å². The molecule has 0 atom stereocenters. The minimum Gasteiger partial charge on any atom is -0.484 e. The molecule has 0 aliphatic heterocycles. The lowest BCUT2D eigenvalue weighted by Gasteiger charge is -2.11. The highest BCUT2D eigenvalue weighted by molar-refractivity contribution is 6.35. The summed E-state index contributed by atoms with van der Waals surface area (Å²) >= 11 is 12.0. The van der Waals surface area contributed by atoms with Crippen LogP contribution in [0.1, 0.15) is 27.4 Å². The maximum atomic E-state index is 12.8. The van der Waals surface area contributed by atoms with Gasteiger partial charge in [-0.15, -0.1) is 0 Å². The number of carbonyl (C=O) groups excluding carboxylic acids is 1. The minimum atomic E-state index is -0.594. The van der Waals surface area contributed by atoms with E-state index >= 15 is 0 Å². The number of furan rings is 1. The molecule has 10 heteroatoms. The van der Waals surface area contributed by atoms with Gasteiger partial charge in [0.25, 0.3) is 11.6 Å². The van der Waals surface area contributed by atoms with Crippen LogP contribution in [0.3, 0.4) is 0 Å². The first-order chi connectivity index (χ1) is 17.2. The molecule has 184 valence electrons. The first kappa shape index (κ1) is 25.1. The molecular formula is C26H20Cl2N2O6. The third-order valence-corrected chi connectivity index (χ3v) is 5.61. The van der Waals surface area contributed by atoms with Gasteiger partial charge in [0, 0.05) is 17.2 Å². The second kappa shape index (κ2) is 10.7. The molecule has 3 aromatic carbocycles. The molecule has 1 aromatic heterocycles. The van der Waals surface area contributed by atoms with Crippen LogP contribution in [0, 0.1) is 24.0 Å². The van der Waals surface area contributed by atoms with E-state index in [-0.39, 0.29) is 29.5 Å². The van der Waals surface area contributed by atoms with Crippen molar-refractivity contribution >= 4 is 40.5 Å². The molecule has 0 fully saturated rings. The molecule has 4 rings (SSSR count). The van der Waals surface area contributed by atoms with Crippen LogP contribution in [0.15, 0.2) is 71.1 Å². The number of hydrogen-bond acceptors (Lipinski definition) is 6. The van der Waals surface area contributed by atoms with Gasteiger partial charge >= 0.3 is 0 Å². The van der Waals surface area contributed by atoms with Crippen LogP contribution in [0.4, 0.5) is 11.4 Å². The number of halogens is 2. The number of amides is 1. The van der Waals surface area contributed by atoms with Crippen LogP contribution >= 0.6 is 23.2 Å². The predicted molar refractivity (Wildman–Crippen MR) is 137 cm³/mol. The Bertz CT molecular complexity index is 1450. The third-order valence-electron chi connectivity index (χ3n) is 5.08. The smallest absolute Gasteiger partial charge is 0.291 e. The van der Waals surface area contributed by atoms with E-state index in [1.807, 2.05) is 32.0 Å². The average Bonchev–Trinajstić information content (AvgIpc) is 3.30.